The fraction of sp³-hybridized carbons (Fsp3) is 0.533. The van der Waals surface area contributed by atoms with Gasteiger partial charge in [0.25, 0.3) is 0 Å². The Balaban J connectivity index is 2.08. The lowest BCUT2D eigenvalue weighted by atomic mass is 10.1. The summed E-state index contributed by atoms with van der Waals surface area (Å²) in [5.74, 6) is 0.332. The van der Waals surface area contributed by atoms with Crippen LogP contribution >= 0.6 is 0 Å². The maximum atomic E-state index is 11.7. The number of esters is 1. The Kier molecular flexibility index (Phi) is 4.43. The van der Waals surface area contributed by atoms with E-state index in [2.05, 4.69) is 0 Å². The van der Waals surface area contributed by atoms with Gasteiger partial charge in [-0.25, -0.2) is 4.79 Å². The molecule has 0 spiro atoms. The van der Waals surface area contributed by atoms with Crippen LogP contribution < -0.4 is 4.74 Å². The molecule has 0 radical (unpaired) electrons. The van der Waals surface area contributed by atoms with Crippen LogP contribution in [0.1, 0.15) is 43.9 Å². The van der Waals surface area contributed by atoms with Gasteiger partial charge in [0.15, 0.2) is 6.10 Å². The molecule has 2 atom stereocenters. The molecule has 0 bridgehead atoms. The van der Waals surface area contributed by atoms with Gasteiger partial charge >= 0.3 is 5.97 Å². The standard InChI is InChI=1S/C15H20O4/c1-3-14(15(17)18-4-2)19-11-6-7-12-10(9-11)5-8-13(12)16/h6-7,9,13-14,16H,3-5,8H2,1-2H3/t13-,14?/m1/s1. The van der Waals surface area contributed by atoms with Crippen molar-refractivity contribution in [3.05, 3.63) is 29.3 Å². The first-order chi connectivity index (χ1) is 9.15. The van der Waals surface area contributed by atoms with Crippen molar-refractivity contribution < 1.29 is 19.4 Å². The van der Waals surface area contributed by atoms with Crippen molar-refractivity contribution in [3.63, 3.8) is 0 Å². The summed E-state index contributed by atoms with van der Waals surface area (Å²) in [6.07, 6.45) is 1.25. The predicted octanol–water partition coefficient (Wildman–Crippen LogP) is 2.39. The van der Waals surface area contributed by atoms with E-state index in [1.165, 1.54) is 0 Å². The van der Waals surface area contributed by atoms with E-state index in [0.717, 1.165) is 24.0 Å². The van der Waals surface area contributed by atoms with Gasteiger partial charge < -0.3 is 14.6 Å². The normalized spacial score (nSPS) is 18.8. The zero-order valence-corrected chi connectivity index (χ0v) is 11.4. The Hall–Kier alpha value is -1.55. The highest BCUT2D eigenvalue weighted by Gasteiger charge is 2.23. The largest absolute Gasteiger partial charge is 0.479 e. The monoisotopic (exact) mass is 264 g/mol. The van der Waals surface area contributed by atoms with Gasteiger partial charge in [0.05, 0.1) is 12.7 Å². The van der Waals surface area contributed by atoms with Crippen molar-refractivity contribution in [2.45, 2.75) is 45.3 Å². The second-order valence-corrected chi connectivity index (χ2v) is 4.68. The van der Waals surface area contributed by atoms with E-state index in [1.54, 1.807) is 13.0 Å². The molecule has 0 aromatic heterocycles. The average Bonchev–Trinajstić information content (AvgIpc) is 2.77. The van der Waals surface area contributed by atoms with Crippen molar-refractivity contribution in [2.24, 2.45) is 0 Å². The molecular weight excluding hydrogens is 244 g/mol. The van der Waals surface area contributed by atoms with Gasteiger partial charge in [-0.3, -0.25) is 0 Å². The summed E-state index contributed by atoms with van der Waals surface area (Å²) >= 11 is 0. The smallest absolute Gasteiger partial charge is 0.347 e. The fourth-order valence-corrected chi connectivity index (χ4v) is 2.34. The molecule has 1 aliphatic carbocycles. The third-order valence-corrected chi connectivity index (χ3v) is 3.36. The van der Waals surface area contributed by atoms with E-state index in [0.29, 0.717) is 18.8 Å². The minimum absolute atomic E-state index is 0.328. The molecule has 0 saturated heterocycles. The number of aryl methyl sites for hydroxylation is 1. The molecule has 0 heterocycles. The average molecular weight is 264 g/mol. The summed E-state index contributed by atoms with van der Waals surface area (Å²) in [5.41, 5.74) is 2.07. The molecule has 1 aromatic rings. The molecule has 1 aliphatic rings. The summed E-state index contributed by atoms with van der Waals surface area (Å²) < 4.78 is 10.7. The maximum absolute atomic E-state index is 11.7. The number of ether oxygens (including phenoxy) is 2. The first-order valence-corrected chi connectivity index (χ1v) is 6.79. The summed E-state index contributed by atoms with van der Waals surface area (Å²) in [6, 6.07) is 5.59. The first-order valence-electron chi connectivity index (χ1n) is 6.79. The van der Waals surface area contributed by atoms with Gasteiger partial charge in [0, 0.05) is 0 Å². The fourth-order valence-electron chi connectivity index (χ4n) is 2.34. The maximum Gasteiger partial charge on any atom is 0.347 e. The Labute approximate surface area is 113 Å². The van der Waals surface area contributed by atoms with Crippen molar-refractivity contribution >= 4 is 5.97 Å². The van der Waals surface area contributed by atoms with Crippen LogP contribution in [0.2, 0.25) is 0 Å². The number of carbonyl (C=O) groups excluding carboxylic acids is 1. The van der Waals surface area contributed by atoms with Crippen LogP contribution in [-0.2, 0) is 16.0 Å². The lowest BCUT2D eigenvalue weighted by molar-refractivity contribution is -0.151. The molecule has 19 heavy (non-hydrogen) atoms. The van der Waals surface area contributed by atoms with E-state index in [-0.39, 0.29) is 12.1 Å². The molecule has 4 heteroatoms. The van der Waals surface area contributed by atoms with Crippen LogP contribution in [0.5, 0.6) is 5.75 Å². The third-order valence-electron chi connectivity index (χ3n) is 3.36. The van der Waals surface area contributed by atoms with Crippen molar-refractivity contribution in [1.82, 2.24) is 0 Å². The SMILES string of the molecule is CCOC(=O)C(CC)Oc1ccc2c(c1)CC[C@H]2O. The number of hydrogen-bond donors (Lipinski definition) is 1. The van der Waals surface area contributed by atoms with E-state index in [1.807, 2.05) is 19.1 Å². The minimum Gasteiger partial charge on any atom is -0.479 e. The molecule has 0 fully saturated rings. The zero-order valence-electron chi connectivity index (χ0n) is 11.4. The second kappa shape index (κ2) is 6.06. The molecule has 1 unspecified atom stereocenters. The molecule has 104 valence electrons. The first kappa shape index (κ1) is 13.9. The predicted molar refractivity (Wildman–Crippen MR) is 71.1 cm³/mol. The molecule has 1 aromatic carbocycles. The summed E-state index contributed by atoms with van der Waals surface area (Å²) in [6.45, 7) is 4.02. The van der Waals surface area contributed by atoms with Crippen molar-refractivity contribution in [3.8, 4) is 5.75 Å². The molecular formula is C15H20O4. The second-order valence-electron chi connectivity index (χ2n) is 4.68. The topological polar surface area (TPSA) is 55.8 Å². The highest BCUT2D eigenvalue weighted by atomic mass is 16.6. The van der Waals surface area contributed by atoms with Crippen LogP contribution in [0.25, 0.3) is 0 Å². The Bertz CT molecular complexity index is 455. The van der Waals surface area contributed by atoms with E-state index in [9.17, 15) is 9.90 Å². The molecule has 2 rings (SSSR count). The Morgan fingerprint density at radius 2 is 2.26 bits per heavy atom. The van der Waals surface area contributed by atoms with Crippen LogP contribution in [0.3, 0.4) is 0 Å². The van der Waals surface area contributed by atoms with Crippen molar-refractivity contribution in [2.75, 3.05) is 6.61 Å². The molecule has 4 nitrogen and oxygen atoms in total. The lowest BCUT2D eigenvalue weighted by Crippen LogP contribution is -2.28. The zero-order chi connectivity index (χ0) is 13.8. The number of aliphatic hydroxyl groups excluding tert-OH is 1. The molecule has 0 saturated carbocycles. The third kappa shape index (κ3) is 3.07. The summed E-state index contributed by atoms with van der Waals surface area (Å²) in [7, 11) is 0. The number of hydrogen-bond acceptors (Lipinski definition) is 4. The molecule has 1 N–H and O–H groups in total. The minimum atomic E-state index is -0.565. The van der Waals surface area contributed by atoms with E-state index >= 15 is 0 Å². The van der Waals surface area contributed by atoms with Crippen LogP contribution in [-0.4, -0.2) is 23.8 Å². The van der Waals surface area contributed by atoms with Crippen LogP contribution in [0, 0.1) is 0 Å². The van der Waals surface area contributed by atoms with Crippen LogP contribution in [0.4, 0.5) is 0 Å². The molecule has 0 aliphatic heterocycles. The van der Waals surface area contributed by atoms with Gasteiger partial charge in [-0.05, 0) is 49.4 Å². The summed E-state index contributed by atoms with van der Waals surface area (Å²) in [4.78, 5) is 11.7. The summed E-state index contributed by atoms with van der Waals surface area (Å²) in [5, 5.41) is 9.74. The number of rotatable bonds is 5. The van der Waals surface area contributed by atoms with E-state index < -0.39 is 6.10 Å². The van der Waals surface area contributed by atoms with Gasteiger partial charge in [-0.2, -0.15) is 0 Å². The van der Waals surface area contributed by atoms with E-state index in [4.69, 9.17) is 9.47 Å². The quantitative estimate of drug-likeness (QED) is 0.830. The van der Waals surface area contributed by atoms with Gasteiger partial charge in [-0.15, -0.1) is 0 Å². The van der Waals surface area contributed by atoms with Crippen molar-refractivity contribution in [1.29, 1.82) is 0 Å². The van der Waals surface area contributed by atoms with Gasteiger partial charge in [0.1, 0.15) is 5.75 Å². The van der Waals surface area contributed by atoms with Gasteiger partial charge in [-0.1, -0.05) is 13.0 Å². The lowest BCUT2D eigenvalue weighted by Gasteiger charge is -2.16. The molecule has 0 amide bonds. The Morgan fingerprint density at radius 3 is 2.95 bits per heavy atom. The number of aliphatic hydroxyl groups is 1. The number of fused-ring (bicyclic) bond motifs is 1. The number of benzene rings is 1. The highest BCUT2D eigenvalue weighted by Crippen LogP contribution is 2.33. The Morgan fingerprint density at radius 1 is 1.47 bits per heavy atom. The highest BCUT2D eigenvalue weighted by molar-refractivity contribution is 5.75. The number of carbonyl (C=O) groups is 1. The van der Waals surface area contributed by atoms with Crippen LogP contribution in [0.15, 0.2) is 18.2 Å². The van der Waals surface area contributed by atoms with Gasteiger partial charge in [0.2, 0.25) is 0 Å².